The number of benzene rings is 1. The Bertz CT molecular complexity index is 920. The molecule has 0 unspecified atom stereocenters. The van der Waals surface area contributed by atoms with E-state index in [1.54, 1.807) is 11.3 Å². The third-order valence-electron chi connectivity index (χ3n) is 4.86. The third kappa shape index (κ3) is 4.60. The van der Waals surface area contributed by atoms with Gasteiger partial charge in [-0.2, -0.15) is 4.98 Å². The Morgan fingerprint density at radius 2 is 1.96 bits per heavy atom. The summed E-state index contributed by atoms with van der Waals surface area (Å²) in [6.07, 6.45) is 1.16. The quantitative estimate of drug-likeness (QED) is 0.612. The maximum atomic E-state index is 12.5. The molecular formula is C20H21ClN4O2S. The number of rotatable bonds is 6. The zero-order valence-electron chi connectivity index (χ0n) is 15.4. The van der Waals surface area contributed by atoms with Crippen molar-refractivity contribution in [3.8, 4) is 10.7 Å². The number of hydrogen-bond acceptors (Lipinski definition) is 6. The highest BCUT2D eigenvalue weighted by atomic mass is 35.5. The van der Waals surface area contributed by atoms with Crippen molar-refractivity contribution < 1.29 is 9.32 Å². The molecule has 1 aliphatic heterocycles. The smallest absolute Gasteiger partial charge is 0.241 e. The zero-order chi connectivity index (χ0) is 19.3. The molecule has 2 aromatic heterocycles. The molecule has 1 saturated heterocycles. The molecule has 6 nitrogen and oxygen atoms in total. The minimum atomic E-state index is 0.178. The summed E-state index contributed by atoms with van der Waals surface area (Å²) in [5.41, 5.74) is 1.02. The molecule has 3 heterocycles. The Labute approximate surface area is 172 Å². The fourth-order valence-corrected chi connectivity index (χ4v) is 4.15. The van der Waals surface area contributed by atoms with Crippen LogP contribution in [0.15, 0.2) is 46.3 Å². The minimum Gasteiger partial charge on any atom is -0.340 e. The van der Waals surface area contributed by atoms with E-state index in [-0.39, 0.29) is 5.91 Å². The van der Waals surface area contributed by atoms with Crippen LogP contribution in [0.4, 0.5) is 0 Å². The normalized spacial score (nSPS) is 15.1. The predicted octanol–water partition coefficient (Wildman–Crippen LogP) is 3.73. The van der Waals surface area contributed by atoms with E-state index in [2.05, 4.69) is 15.0 Å². The van der Waals surface area contributed by atoms with E-state index in [0.717, 1.165) is 28.6 Å². The van der Waals surface area contributed by atoms with Crippen LogP contribution in [0.5, 0.6) is 0 Å². The lowest BCUT2D eigenvalue weighted by Crippen LogP contribution is -2.48. The first-order valence-corrected chi connectivity index (χ1v) is 10.5. The number of thiophene rings is 1. The second kappa shape index (κ2) is 8.86. The molecule has 0 spiro atoms. The average molecular weight is 417 g/mol. The van der Waals surface area contributed by atoms with Crippen molar-refractivity contribution in [1.29, 1.82) is 0 Å². The molecule has 1 fully saturated rings. The van der Waals surface area contributed by atoms with Gasteiger partial charge in [0.05, 0.1) is 11.4 Å². The first kappa shape index (κ1) is 19.1. The number of piperazine rings is 1. The summed E-state index contributed by atoms with van der Waals surface area (Å²) in [7, 11) is 0. The summed E-state index contributed by atoms with van der Waals surface area (Å²) in [5, 5.41) is 6.77. The fraction of sp³-hybridized carbons (Fsp3) is 0.350. The van der Waals surface area contributed by atoms with Crippen molar-refractivity contribution in [2.45, 2.75) is 19.4 Å². The molecule has 1 amide bonds. The second-order valence-electron chi connectivity index (χ2n) is 6.74. The van der Waals surface area contributed by atoms with E-state index >= 15 is 0 Å². The molecule has 28 heavy (non-hydrogen) atoms. The minimum absolute atomic E-state index is 0.178. The highest BCUT2D eigenvalue weighted by Crippen LogP contribution is 2.22. The van der Waals surface area contributed by atoms with Crippen LogP contribution in [0.3, 0.4) is 0 Å². The fourth-order valence-electron chi connectivity index (χ4n) is 3.27. The lowest BCUT2D eigenvalue weighted by Gasteiger charge is -2.34. The number of aromatic nitrogens is 2. The number of hydrogen-bond donors (Lipinski definition) is 0. The van der Waals surface area contributed by atoms with E-state index in [4.69, 9.17) is 16.1 Å². The van der Waals surface area contributed by atoms with E-state index in [1.807, 2.05) is 46.7 Å². The van der Waals surface area contributed by atoms with E-state index in [0.29, 0.717) is 44.2 Å². The zero-order valence-corrected chi connectivity index (χ0v) is 17.0. The number of nitrogens with zero attached hydrogens (tertiary/aromatic N) is 4. The van der Waals surface area contributed by atoms with Gasteiger partial charge in [0.15, 0.2) is 0 Å². The van der Waals surface area contributed by atoms with Crippen LogP contribution < -0.4 is 0 Å². The Morgan fingerprint density at radius 3 is 2.71 bits per heavy atom. The van der Waals surface area contributed by atoms with Crippen LogP contribution >= 0.6 is 22.9 Å². The van der Waals surface area contributed by atoms with E-state index in [9.17, 15) is 4.79 Å². The van der Waals surface area contributed by atoms with Crippen LogP contribution in [0.2, 0.25) is 5.02 Å². The first-order chi connectivity index (χ1) is 13.7. The lowest BCUT2D eigenvalue weighted by atomic mass is 10.1. The first-order valence-electron chi connectivity index (χ1n) is 9.29. The van der Waals surface area contributed by atoms with Crippen LogP contribution in [0.1, 0.15) is 17.9 Å². The molecule has 0 atom stereocenters. The summed E-state index contributed by atoms with van der Waals surface area (Å²) < 4.78 is 5.38. The standard InChI is InChI=1S/C20H21ClN4O2S/c21-16-5-2-1-4-15(16)7-8-19(26)25-11-9-24(10-12-25)14-18-22-20(23-27-18)17-6-3-13-28-17/h1-6,13H,7-12,14H2. The van der Waals surface area contributed by atoms with Gasteiger partial charge in [-0.15, -0.1) is 11.3 Å². The molecule has 0 aliphatic carbocycles. The summed E-state index contributed by atoms with van der Waals surface area (Å²) in [6.45, 7) is 3.64. The van der Waals surface area contributed by atoms with Crippen LogP contribution in [-0.2, 0) is 17.8 Å². The van der Waals surface area contributed by atoms with Crippen LogP contribution in [-0.4, -0.2) is 52.0 Å². The molecule has 8 heteroatoms. The van der Waals surface area contributed by atoms with Crippen molar-refractivity contribution in [1.82, 2.24) is 19.9 Å². The SMILES string of the molecule is O=C(CCc1ccccc1Cl)N1CCN(Cc2nc(-c3cccs3)no2)CC1. The van der Waals surface area contributed by atoms with Gasteiger partial charge in [0.1, 0.15) is 0 Å². The largest absolute Gasteiger partial charge is 0.340 e. The molecule has 0 N–H and O–H groups in total. The second-order valence-corrected chi connectivity index (χ2v) is 8.09. The number of amides is 1. The molecule has 146 valence electrons. The van der Waals surface area contributed by atoms with Gasteiger partial charge in [0, 0.05) is 37.6 Å². The van der Waals surface area contributed by atoms with E-state index < -0.39 is 0 Å². The number of carbonyl (C=O) groups excluding carboxylic acids is 1. The highest BCUT2D eigenvalue weighted by Gasteiger charge is 2.22. The highest BCUT2D eigenvalue weighted by molar-refractivity contribution is 7.13. The van der Waals surface area contributed by atoms with Gasteiger partial charge >= 0.3 is 0 Å². The van der Waals surface area contributed by atoms with Crippen LogP contribution in [0.25, 0.3) is 10.7 Å². The van der Waals surface area contributed by atoms with Gasteiger partial charge in [-0.1, -0.05) is 41.0 Å². The summed E-state index contributed by atoms with van der Waals surface area (Å²) in [6, 6.07) is 11.6. The van der Waals surface area contributed by atoms with Gasteiger partial charge in [-0.25, -0.2) is 0 Å². The Kier molecular flexibility index (Phi) is 6.04. The molecular weight excluding hydrogens is 396 g/mol. The van der Waals surface area contributed by atoms with Gasteiger partial charge in [0.25, 0.3) is 0 Å². The van der Waals surface area contributed by atoms with Gasteiger partial charge < -0.3 is 9.42 Å². The molecule has 4 rings (SSSR count). The molecule has 0 saturated carbocycles. The average Bonchev–Trinajstić information content (AvgIpc) is 3.39. The lowest BCUT2D eigenvalue weighted by molar-refractivity contribution is -0.133. The molecule has 0 bridgehead atoms. The van der Waals surface area contributed by atoms with Gasteiger partial charge in [-0.3, -0.25) is 9.69 Å². The van der Waals surface area contributed by atoms with Crippen molar-refractivity contribution in [3.63, 3.8) is 0 Å². The summed E-state index contributed by atoms with van der Waals surface area (Å²) in [5.74, 6) is 1.43. The predicted molar refractivity (Wildman–Crippen MR) is 109 cm³/mol. The van der Waals surface area contributed by atoms with Crippen molar-refractivity contribution in [2.75, 3.05) is 26.2 Å². The number of carbonyl (C=O) groups is 1. The Balaban J connectivity index is 1.24. The van der Waals surface area contributed by atoms with Gasteiger partial charge in [0.2, 0.25) is 17.6 Å². The van der Waals surface area contributed by atoms with Crippen LogP contribution in [0, 0.1) is 0 Å². The summed E-state index contributed by atoms with van der Waals surface area (Å²) >= 11 is 7.76. The van der Waals surface area contributed by atoms with Crippen molar-refractivity contribution >= 4 is 28.8 Å². The molecule has 1 aliphatic rings. The topological polar surface area (TPSA) is 62.5 Å². The van der Waals surface area contributed by atoms with Gasteiger partial charge in [-0.05, 0) is 29.5 Å². The maximum Gasteiger partial charge on any atom is 0.241 e. The number of aryl methyl sites for hydroxylation is 1. The Morgan fingerprint density at radius 1 is 1.14 bits per heavy atom. The third-order valence-corrected chi connectivity index (χ3v) is 6.09. The van der Waals surface area contributed by atoms with Crippen molar-refractivity contribution in [2.24, 2.45) is 0 Å². The maximum absolute atomic E-state index is 12.5. The number of halogens is 1. The van der Waals surface area contributed by atoms with E-state index in [1.165, 1.54) is 0 Å². The molecule has 0 radical (unpaired) electrons. The summed E-state index contributed by atoms with van der Waals surface area (Å²) in [4.78, 5) is 22.1. The Hall–Kier alpha value is -2.22. The molecule has 1 aromatic carbocycles. The molecule has 3 aromatic rings. The van der Waals surface area contributed by atoms with Crippen molar-refractivity contribution in [3.05, 3.63) is 58.3 Å². The monoisotopic (exact) mass is 416 g/mol.